The normalized spacial score (nSPS) is 16.4. The van der Waals surface area contributed by atoms with Gasteiger partial charge in [-0.3, -0.25) is 9.59 Å². The quantitative estimate of drug-likeness (QED) is 0.629. The molecule has 0 unspecified atom stereocenters. The van der Waals surface area contributed by atoms with Gasteiger partial charge >= 0.3 is 0 Å². The molecular weight excluding hydrogens is 332 g/mol. The number of carbonyl (C=O) groups is 2. The van der Waals surface area contributed by atoms with Crippen LogP contribution >= 0.6 is 11.8 Å². The average molecular weight is 348 g/mol. The molecule has 0 N–H and O–H groups in total. The van der Waals surface area contributed by atoms with E-state index in [9.17, 15) is 9.59 Å². The van der Waals surface area contributed by atoms with E-state index in [1.807, 2.05) is 73.3 Å². The Morgan fingerprint density at radius 1 is 1.04 bits per heavy atom. The fourth-order valence-electron chi connectivity index (χ4n) is 3.09. The zero-order chi connectivity index (χ0) is 17.6. The van der Waals surface area contributed by atoms with Crippen LogP contribution in [0.1, 0.15) is 11.1 Å². The van der Waals surface area contributed by atoms with Gasteiger partial charge in [-0.1, -0.05) is 30.3 Å². The van der Waals surface area contributed by atoms with Crippen LogP contribution < -0.4 is 4.90 Å². The van der Waals surface area contributed by atoms with E-state index in [0.717, 1.165) is 33.8 Å². The first-order valence-electron chi connectivity index (χ1n) is 7.93. The summed E-state index contributed by atoms with van der Waals surface area (Å²) in [4.78, 5) is 26.9. The number of aromatic nitrogens is 1. The molecule has 0 bridgehead atoms. The molecule has 0 saturated carbocycles. The van der Waals surface area contributed by atoms with E-state index in [2.05, 4.69) is 0 Å². The third-order valence-corrected chi connectivity index (χ3v) is 5.14. The highest BCUT2D eigenvalue weighted by atomic mass is 32.2. The lowest BCUT2D eigenvalue weighted by Crippen LogP contribution is -2.27. The van der Waals surface area contributed by atoms with Gasteiger partial charge in [0, 0.05) is 29.7 Å². The van der Waals surface area contributed by atoms with Crippen molar-refractivity contribution in [3.05, 3.63) is 70.8 Å². The van der Waals surface area contributed by atoms with E-state index in [1.165, 1.54) is 4.90 Å². The second-order valence-electron chi connectivity index (χ2n) is 6.07. The van der Waals surface area contributed by atoms with E-state index in [0.29, 0.717) is 10.6 Å². The maximum atomic E-state index is 12.8. The van der Waals surface area contributed by atoms with Gasteiger partial charge in [0.25, 0.3) is 11.1 Å². The van der Waals surface area contributed by atoms with Gasteiger partial charge < -0.3 is 4.57 Å². The molecule has 4 rings (SSSR count). The fourth-order valence-corrected chi connectivity index (χ4v) is 3.92. The van der Waals surface area contributed by atoms with Crippen LogP contribution in [0, 0.1) is 6.92 Å². The largest absolute Gasteiger partial charge is 0.350 e. The average Bonchev–Trinajstić information content (AvgIpc) is 3.05. The van der Waals surface area contributed by atoms with Crippen LogP contribution in [0.5, 0.6) is 0 Å². The molecular formula is C20H16N2O2S. The first kappa shape index (κ1) is 15.7. The first-order chi connectivity index (χ1) is 12.0. The van der Waals surface area contributed by atoms with Crippen molar-refractivity contribution in [2.75, 3.05) is 4.90 Å². The molecule has 5 heteroatoms. The van der Waals surface area contributed by atoms with Crippen molar-refractivity contribution in [3.63, 3.8) is 0 Å². The summed E-state index contributed by atoms with van der Waals surface area (Å²) >= 11 is 0.984. The molecule has 4 nitrogen and oxygen atoms in total. The van der Waals surface area contributed by atoms with Gasteiger partial charge in [-0.25, -0.2) is 4.90 Å². The SMILES string of the molecule is Cc1cccc(N2C(=O)S/C(=C\c3cn(C)c4ccccc34)C2=O)c1. The Balaban J connectivity index is 1.75. The topological polar surface area (TPSA) is 42.3 Å². The molecule has 2 heterocycles. The summed E-state index contributed by atoms with van der Waals surface area (Å²) in [6.45, 7) is 1.94. The van der Waals surface area contributed by atoms with Gasteiger partial charge in [0.05, 0.1) is 10.6 Å². The second kappa shape index (κ2) is 5.93. The number of fused-ring (bicyclic) bond motifs is 1. The molecule has 2 aromatic carbocycles. The monoisotopic (exact) mass is 348 g/mol. The van der Waals surface area contributed by atoms with Crippen LogP contribution in [0.15, 0.2) is 59.6 Å². The van der Waals surface area contributed by atoms with Gasteiger partial charge in [-0.15, -0.1) is 0 Å². The molecule has 0 radical (unpaired) electrons. The number of hydrogen-bond donors (Lipinski definition) is 0. The third-order valence-electron chi connectivity index (χ3n) is 4.27. The van der Waals surface area contributed by atoms with Crippen molar-refractivity contribution < 1.29 is 9.59 Å². The van der Waals surface area contributed by atoms with Crippen molar-refractivity contribution in [1.82, 2.24) is 4.57 Å². The number of rotatable bonds is 2. The van der Waals surface area contributed by atoms with E-state index >= 15 is 0 Å². The predicted octanol–water partition coefficient (Wildman–Crippen LogP) is 4.73. The number of benzene rings is 2. The molecule has 0 atom stereocenters. The number of thioether (sulfide) groups is 1. The fraction of sp³-hybridized carbons (Fsp3) is 0.100. The number of amides is 2. The molecule has 2 amide bonds. The van der Waals surface area contributed by atoms with Crippen molar-refractivity contribution in [2.45, 2.75) is 6.92 Å². The van der Waals surface area contributed by atoms with Gasteiger partial charge in [-0.05, 0) is 48.5 Å². The van der Waals surface area contributed by atoms with Gasteiger partial charge in [0.15, 0.2) is 0 Å². The first-order valence-corrected chi connectivity index (χ1v) is 8.75. The highest BCUT2D eigenvalue weighted by Gasteiger charge is 2.36. The van der Waals surface area contributed by atoms with E-state index < -0.39 is 0 Å². The van der Waals surface area contributed by atoms with Crippen LogP contribution in [0.3, 0.4) is 0 Å². The minimum absolute atomic E-state index is 0.262. The molecule has 1 fully saturated rings. The van der Waals surface area contributed by atoms with Crippen LogP contribution in [0.25, 0.3) is 17.0 Å². The maximum Gasteiger partial charge on any atom is 0.298 e. The number of carbonyl (C=O) groups excluding carboxylic acids is 2. The molecule has 1 aliphatic heterocycles. The van der Waals surface area contributed by atoms with Crippen LogP contribution in [0.2, 0.25) is 0 Å². The molecule has 3 aromatic rings. The molecule has 124 valence electrons. The summed E-state index contributed by atoms with van der Waals surface area (Å²) in [6, 6.07) is 15.4. The summed E-state index contributed by atoms with van der Waals surface area (Å²) in [7, 11) is 1.97. The number of hydrogen-bond acceptors (Lipinski definition) is 3. The second-order valence-corrected chi connectivity index (χ2v) is 7.06. The van der Waals surface area contributed by atoms with E-state index in [1.54, 1.807) is 6.07 Å². The predicted molar refractivity (Wildman–Crippen MR) is 103 cm³/mol. The third kappa shape index (κ3) is 2.66. The van der Waals surface area contributed by atoms with Crippen molar-refractivity contribution in [3.8, 4) is 0 Å². The van der Waals surface area contributed by atoms with Crippen LogP contribution in [-0.2, 0) is 11.8 Å². The Hall–Kier alpha value is -2.79. The Labute approximate surface area is 149 Å². The number of nitrogens with zero attached hydrogens (tertiary/aromatic N) is 2. The minimum atomic E-state index is -0.270. The Morgan fingerprint density at radius 3 is 2.64 bits per heavy atom. The summed E-state index contributed by atoms with van der Waals surface area (Å²) < 4.78 is 2.02. The van der Waals surface area contributed by atoms with E-state index in [4.69, 9.17) is 0 Å². The molecule has 0 spiro atoms. The lowest BCUT2D eigenvalue weighted by Gasteiger charge is -2.12. The lowest BCUT2D eigenvalue weighted by molar-refractivity contribution is -0.113. The Kier molecular flexibility index (Phi) is 3.73. The van der Waals surface area contributed by atoms with Crippen LogP contribution in [-0.4, -0.2) is 15.7 Å². The summed E-state index contributed by atoms with van der Waals surface area (Å²) in [5, 5.41) is 0.800. The molecule has 1 aromatic heterocycles. The zero-order valence-corrected chi connectivity index (χ0v) is 14.7. The number of anilines is 1. The van der Waals surface area contributed by atoms with Crippen molar-refractivity contribution in [1.29, 1.82) is 0 Å². The molecule has 1 aliphatic rings. The number of para-hydroxylation sites is 1. The summed E-state index contributed by atoms with van der Waals surface area (Å²) in [5.74, 6) is -0.270. The highest BCUT2D eigenvalue weighted by Crippen LogP contribution is 2.37. The molecule has 1 saturated heterocycles. The van der Waals surface area contributed by atoms with Crippen molar-refractivity contribution in [2.24, 2.45) is 7.05 Å². The minimum Gasteiger partial charge on any atom is -0.350 e. The Bertz CT molecular complexity index is 1050. The highest BCUT2D eigenvalue weighted by molar-refractivity contribution is 8.19. The molecule has 25 heavy (non-hydrogen) atoms. The Morgan fingerprint density at radius 2 is 1.84 bits per heavy atom. The zero-order valence-electron chi connectivity index (χ0n) is 13.9. The summed E-state index contributed by atoms with van der Waals surface area (Å²) in [6.07, 6.45) is 3.79. The lowest BCUT2D eigenvalue weighted by atomic mass is 10.1. The van der Waals surface area contributed by atoms with Crippen LogP contribution in [0.4, 0.5) is 10.5 Å². The van der Waals surface area contributed by atoms with Gasteiger partial charge in [0.1, 0.15) is 0 Å². The molecule has 0 aliphatic carbocycles. The van der Waals surface area contributed by atoms with E-state index in [-0.39, 0.29) is 11.1 Å². The maximum absolute atomic E-state index is 12.8. The number of aryl methyl sites for hydroxylation is 2. The van der Waals surface area contributed by atoms with Gasteiger partial charge in [-0.2, -0.15) is 0 Å². The standard InChI is InChI=1S/C20H16N2O2S/c1-13-6-5-7-15(10-13)22-19(23)18(25-20(22)24)11-14-12-21(2)17-9-4-3-8-16(14)17/h3-12H,1-2H3/b18-11-. The summed E-state index contributed by atoms with van der Waals surface area (Å²) in [5.41, 5.74) is 3.65. The number of imide groups is 1. The smallest absolute Gasteiger partial charge is 0.298 e. The van der Waals surface area contributed by atoms with Gasteiger partial charge in [0.2, 0.25) is 0 Å². The van der Waals surface area contributed by atoms with Crippen molar-refractivity contribution >= 4 is 45.6 Å².